The molecule has 0 saturated heterocycles. The zero-order valence-electron chi connectivity index (χ0n) is 15.6. The SMILES string of the molecule is COC(=O)[C@@]1(CCCCl)Sc2cc(OCc3ccccc3)ccc2OC[C@@H]1O. The number of halogens is 1. The largest absolute Gasteiger partial charge is 0.490 e. The molecular weight excluding hydrogens is 400 g/mol. The van der Waals surface area contributed by atoms with E-state index in [4.69, 9.17) is 25.8 Å². The number of benzene rings is 2. The highest BCUT2D eigenvalue weighted by Crippen LogP contribution is 2.47. The standard InChI is InChI=1S/C21H23ClO5S/c1-25-20(24)21(10-5-11-22)19(23)14-27-17-9-8-16(12-18(17)28-21)26-13-15-6-3-2-4-7-15/h2-4,6-9,12,19,23H,5,10-11,13-14H2,1H3/t19-,21-/m0/s1. The van der Waals surface area contributed by atoms with Gasteiger partial charge in [0, 0.05) is 5.88 Å². The fourth-order valence-corrected chi connectivity index (χ4v) is 4.63. The van der Waals surface area contributed by atoms with Crippen LogP contribution in [0.25, 0.3) is 0 Å². The van der Waals surface area contributed by atoms with Crippen molar-refractivity contribution in [2.75, 3.05) is 19.6 Å². The van der Waals surface area contributed by atoms with E-state index in [9.17, 15) is 9.90 Å². The van der Waals surface area contributed by atoms with Crippen molar-refractivity contribution in [1.29, 1.82) is 0 Å². The summed E-state index contributed by atoms with van der Waals surface area (Å²) in [5, 5.41) is 10.7. The second kappa shape index (κ2) is 9.54. The summed E-state index contributed by atoms with van der Waals surface area (Å²) in [6.45, 7) is 0.434. The van der Waals surface area contributed by atoms with Gasteiger partial charge in [0.25, 0.3) is 0 Å². The van der Waals surface area contributed by atoms with Crippen LogP contribution in [0.1, 0.15) is 18.4 Å². The number of carbonyl (C=O) groups excluding carboxylic acids is 1. The van der Waals surface area contributed by atoms with E-state index in [2.05, 4.69) is 0 Å². The summed E-state index contributed by atoms with van der Waals surface area (Å²) < 4.78 is 15.5. The number of ether oxygens (including phenoxy) is 3. The van der Waals surface area contributed by atoms with Crippen LogP contribution in [0.5, 0.6) is 11.5 Å². The summed E-state index contributed by atoms with van der Waals surface area (Å²) in [5.41, 5.74) is 1.06. The number of hydrogen-bond donors (Lipinski definition) is 1. The Morgan fingerprint density at radius 1 is 1.32 bits per heavy atom. The number of aliphatic hydroxyl groups is 1. The number of thioether (sulfide) groups is 1. The molecule has 1 aliphatic rings. The maximum atomic E-state index is 12.6. The third-order valence-corrected chi connectivity index (χ3v) is 6.42. The molecule has 2 aromatic rings. The minimum Gasteiger partial charge on any atom is -0.490 e. The normalized spacial score (nSPS) is 21.2. The predicted molar refractivity (Wildman–Crippen MR) is 109 cm³/mol. The fourth-order valence-electron chi connectivity index (χ4n) is 3.09. The number of aliphatic hydroxyl groups excluding tert-OH is 1. The first-order valence-corrected chi connectivity index (χ1v) is 10.4. The van der Waals surface area contributed by atoms with Crippen LogP contribution < -0.4 is 9.47 Å². The summed E-state index contributed by atoms with van der Waals surface area (Å²) in [4.78, 5) is 13.4. The van der Waals surface area contributed by atoms with Gasteiger partial charge in [0.1, 0.15) is 35.6 Å². The van der Waals surface area contributed by atoms with Crippen LogP contribution in [0.4, 0.5) is 0 Å². The molecule has 1 heterocycles. The van der Waals surface area contributed by atoms with Gasteiger partial charge in [-0.3, -0.25) is 4.79 Å². The molecule has 0 fully saturated rings. The Labute approximate surface area is 173 Å². The number of carbonyl (C=O) groups is 1. The van der Waals surface area contributed by atoms with Gasteiger partial charge in [0.05, 0.1) is 12.0 Å². The number of esters is 1. The zero-order chi connectivity index (χ0) is 20.0. The van der Waals surface area contributed by atoms with Gasteiger partial charge < -0.3 is 19.3 Å². The number of methoxy groups -OCH3 is 1. The number of alkyl halides is 1. The van der Waals surface area contributed by atoms with Crippen LogP contribution in [0, 0.1) is 0 Å². The Bertz CT molecular complexity index is 801. The van der Waals surface area contributed by atoms with E-state index in [1.54, 1.807) is 6.07 Å². The molecule has 28 heavy (non-hydrogen) atoms. The highest BCUT2D eigenvalue weighted by molar-refractivity contribution is 8.01. The molecule has 150 valence electrons. The average Bonchev–Trinajstić information content (AvgIpc) is 2.87. The molecule has 0 radical (unpaired) electrons. The summed E-state index contributed by atoms with van der Waals surface area (Å²) in [5.74, 6) is 1.17. The lowest BCUT2D eigenvalue weighted by atomic mass is 9.96. The quantitative estimate of drug-likeness (QED) is 0.536. The number of fused-ring (bicyclic) bond motifs is 1. The Balaban J connectivity index is 1.85. The molecule has 2 atom stereocenters. The molecule has 0 amide bonds. The van der Waals surface area contributed by atoms with Crippen LogP contribution in [0.2, 0.25) is 0 Å². The van der Waals surface area contributed by atoms with Crippen LogP contribution in [-0.2, 0) is 16.1 Å². The Kier molecular flexibility index (Phi) is 7.10. The van der Waals surface area contributed by atoms with Gasteiger partial charge in [-0.1, -0.05) is 30.3 Å². The number of rotatable bonds is 7. The van der Waals surface area contributed by atoms with Crippen molar-refractivity contribution < 1.29 is 24.1 Å². The predicted octanol–water partition coefficient (Wildman–Crippen LogP) is 4.04. The van der Waals surface area contributed by atoms with Crippen LogP contribution in [0.3, 0.4) is 0 Å². The highest BCUT2D eigenvalue weighted by atomic mass is 35.5. The molecular formula is C21H23ClO5S. The van der Waals surface area contributed by atoms with E-state index < -0.39 is 16.8 Å². The molecule has 0 bridgehead atoms. The van der Waals surface area contributed by atoms with Crippen molar-refractivity contribution >= 4 is 29.3 Å². The van der Waals surface area contributed by atoms with Crippen LogP contribution >= 0.6 is 23.4 Å². The molecule has 5 nitrogen and oxygen atoms in total. The van der Waals surface area contributed by atoms with Gasteiger partial charge in [0.2, 0.25) is 0 Å². The van der Waals surface area contributed by atoms with Crippen LogP contribution in [-0.4, -0.2) is 41.5 Å². The molecule has 1 aliphatic heterocycles. The molecule has 0 spiro atoms. The third-order valence-electron chi connectivity index (χ3n) is 4.60. The monoisotopic (exact) mass is 422 g/mol. The van der Waals surface area contributed by atoms with E-state index >= 15 is 0 Å². The highest BCUT2D eigenvalue weighted by Gasteiger charge is 2.49. The third kappa shape index (κ3) is 4.57. The maximum absolute atomic E-state index is 12.6. The lowest BCUT2D eigenvalue weighted by molar-refractivity contribution is -0.147. The van der Waals surface area contributed by atoms with E-state index in [1.165, 1.54) is 18.9 Å². The van der Waals surface area contributed by atoms with Crippen molar-refractivity contribution in [2.24, 2.45) is 0 Å². The van der Waals surface area contributed by atoms with E-state index in [0.29, 0.717) is 36.8 Å². The van der Waals surface area contributed by atoms with Gasteiger partial charge in [-0.05, 0) is 36.6 Å². The fraction of sp³-hybridized carbons (Fsp3) is 0.381. The van der Waals surface area contributed by atoms with Crippen molar-refractivity contribution in [3.8, 4) is 11.5 Å². The summed E-state index contributed by atoms with van der Waals surface area (Å²) in [6.07, 6.45) is -0.0677. The van der Waals surface area contributed by atoms with Gasteiger partial charge in [-0.25, -0.2) is 0 Å². The Hall–Kier alpha value is -1.89. The zero-order valence-corrected chi connectivity index (χ0v) is 17.2. The molecule has 0 aromatic heterocycles. The lowest BCUT2D eigenvalue weighted by Gasteiger charge is -2.32. The van der Waals surface area contributed by atoms with Gasteiger partial charge in [-0.2, -0.15) is 0 Å². The van der Waals surface area contributed by atoms with E-state index in [0.717, 1.165) is 10.5 Å². The molecule has 0 aliphatic carbocycles. The molecule has 3 rings (SSSR count). The molecule has 2 aromatic carbocycles. The Morgan fingerprint density at radius 3 is 2.82 bits per heavy atom. The minimum atomic E-state index is -1.17. The van der Waals surface area contributed by atoms with E-state index in [1.807, 2.05) is 42.5 Å². The molecule has 7 heteroatoms. The average molecular weight is 423 g/mol. The van der Waals surface area contributed by atoms with Crippen molar-refractivity contribution in [2.45, 2.75) is 35.2 Å². The Morgan fingerprint density at radius 2 is 2.11 bits per heavy atom. The molecule has 0 saturated carbocycles. The molecule has 1 N–H and O–H groups in total. The minimum absolute atomic E-state index is 0.00159. The summed E-state index contributed by atoms with van der Waals surface area (Å²) in [7, 11) is 1.32. The molecule has 0 unspecified atom stereocenters. The van der Waals surface area contributed by atoms with Crippen molar-refractivity contribution in [3.05, 3.63) is 54.1 Å². The summed E-state index contributed by atoms with van der Waals surface area (Å²) in [6, 6.07) is 15.3. The number of hydrogen-bond acceptors (Lipinski definition) is 6. The summed E-state index contributed by atoms with van der Waals surface area (Å²) >= 11 is 7.10. The van der Waals surface area contributed by atoms with Gasteiger partial charge in [-0.15, -0.1) is 23.4 Å². The smallest absolute Gasteiger partial charge is 0.325 e. The topological polar surface area (TPSA) is 65.0 Å². The van der Waals surface area contributed by atoms with Gasteiger partial charge >= 0.3 is 5.97 Å². The van der Waals surface area contributed by atoms with Crippen LogP contribution in [0.15, 0.2) is 53.4 Å². The second-order valence-corrected chi connectivity index (χ2v) is 8.24. The van der Waals surface area contributed by atoms with Crippen molar-refractivity contribution in [1.82, 2.24) is 0 Å². The van der Waals surface area contributed by atoms with E-state index in [-0.39, 0.29) is 6.61 Å². The lowest BCUT2D eigenvalue weighted by Crippen LogP contribution is -2.49. The van der Waals surface area contributed by atoms with Gasteiger partial charge in [0.15, 0.2) is 0 Å². The first-order valence-electron chi connectivity index (χ1n) is 9.04. The first kappa shape index (κ1) is 20.8. The second-order valence-electron chi connectivity index (χ2n) is 6.49. The maximum Gasteiger partial charge on any atom is 0.325 e. The first-order chi connectivity index (χ1) is 13.6. The van der Waals surface area contributed by atoms with Crippen molar-refractivity contribution in [3.63, 3.8) is 0 Å².